The van der Waals surface area contributed by atoms with Crippen LogP contribution in [0.25, 0.3) is 0 Å². The lowest BCUT2D eigenvalue weighted by molar-refractivity contribution is 0.00833. The van der Waals surface area contributed by atoms with Crippen LogP contribution in [0.5, 0.6) is 23.0 Å². The van der Waals surface area contributed by atoms with E-state index in [9.17, 15) is 5.11 Å². The molecular formula is C21H28O5. The number of phenolic OH excluding ortho intramolecular Hbond substituents is 1. The van der Waals surface area contributed by atoms with Crippen LogP contribution in [0.4, 0.5) is 0 Å². The lowest BCUT2D eigenvalue weighted by Crippen LogP contribution is -2.23. The molecule has 5 heteroatoms. The summed E-state index contributed by atoms with van der Waals surface area (Å²) in [6.45, 7) is 4.08. The van der Waals surface area contributed by atoms with Crippen molar-refractivity contribution in [3.63, 3.8) is 0 Å². The molecule has 5 nitrogen and oxygen atoms in total. The largest absolute Gasteiger partial charge is 0.504 e. The molecule has 1 N–H and O–H groups in total. The fourth-order valence-electron chi connectivity index (χ4n) is 2.99. The zero-order valence-electron chi connectivity index (χ0n) is 16.1. The van der Waals surface area contributed by atoms with Gasteiger partial charge in [0.25, 0.3) is 0 Å². The second-order valence-electron chi connectivity index (χ2n) is 6.15. The molecule has 2 aromatic rings. The third-order valence-corrected chi connectivity index (χ3v) is 4.29. The highest BCUT2D eigenvalue weighted by molar-refractivity contribution is 5.44. The predicted octanol–water partition coefficient (Wildman–Crippen LogP) is 4.52. The van der Waals surface area contributed by atoms with Gasteiger partial charge in [-0.05, 0) is 48.7 Å². The smallest absolute Gasteiger partial charge is 0.161 e. The molecule has 142 valence electrons. The fraction of sp³-hybridized carbons (Fsp3) is 0.429. The maximum atomic E-state index is 9.79. The Morgan fingerprint density at radius 3 is 2.27 bits per heavy atom. The summed E-state index contributed by atoms with van der Waals surface area (Å²) in [6, 6.07) is 11.1. The van der Waals surface area contributed by atoms with Crippen molar-refractivity contribution in [2.45, 2.75) is 38.9 Å². The fourth-order valence-corrected chi connectivity index (χ4v) is 2.99. The van der Waals surface area contributed by atoms with Crippen molar-refractivity contribution in [2.24, 2.45) is 0 Å². The van der Waals surface area contributed by atoms with Gasteiger partial charge in [0.1, 0.15) is 12.2 Å². The number of ether oxygens (including phenoxy) is 4. The summed E-state index contributed by atoms with van der Waals surface area (Å²) < 4.78 is 22.4. The van der Waals surface area contributed by atoms with Gasteiger partial charge >= 0.3 is 0 Å². The first-order valence-corrected chi connectivity index (χ1v) is 8.77. The molecule has 0 saturated heterocycles. The monoisotopic (exact) mass is 360 g/mol. The molecule has 26 heavy (non-hydrogen) atoms. The predicted molar refractivity (Wildman–Crippen MR) is 101 cm³/mol. The first-order valence-electron chi connectivity index (χ1n) is 8.77. The van der Waals surface area contributed by atoms with Gasteiger partial charge in [-0.15, -0.1) is 0 Å². The van der Waals surface area contributed by atoms with Gasteiger partial charge < -0.3 is 24.1 Å². The summed E-state index contributed by atoms with van der Waals surface area (Å²) in [4.78, 5) is 0. The quantitative estimate of drug-likeness (QED) is 0.713. The van der Waals surface area contributed by atoms with Crippen LogP contribution in [0.15, 0.2) is 36.4 Å². The molecule has 2 atom stereocenters. The van der Waals surface area contributed by atoms with Crippen molar-refractivity contribution >= 4 is 0 Å². The number of rotatable bonds is 9. The van der Waals surface area contributed by atoms with E-state index in [0.717, 1.165) is 18.4 Å². The van der Waals surface area contributed by atoms with Crippen LogP contribution in [0.2, 0.25) is 0 Å². The highest BCUT2D eigenvalue weighted by Gasteiger charge is 2.23. The highest BCUT2D eigenvalue weighted by Crippen LogP contribution is 2.35. The Morgan fingerprint density at radius 1 is 0.923 bits per heavy atom. The van der Waals surface area contributed by atoms with E-state index in [1.807, 2.05) is 19.1 Å². The molecule has 0 aliphatic carbocycles. The maximum absolute atomic E-state index is 9.79. The molecule has 0 aromatic heterocycles. The zero-order chi connectivity index (χ0) is 19.1. The summed E-state index contributed by atoms with van der Waals surface area (Å²) in [6.07, 6.45) is 1.47. The molecule has 0 saturated carbocycles. The first-order chi connectivity index (χ1) is 12.5. The second kappa shape index (κ2) is 9.34. The molecule has 0 heterocycles. The number of hydrogen-bond donors (Lipinski definition) is 1. The van der Waals surface area contributed by atoms with Crippen LogP contribution in [-0.4, -0.2) is 32.5 Å². The van der Waals surface area contributed by atoms with Gasteiger partial charge in [-0.25, -0.2) is 0 Å². The van der Waals surface area contributed by atoms with Gasteiger partial charge in [0, 0.05) is 7.11 Å². The Bertz CT molecular complexity index is 714. The molecule has 0 aliphatic heterocycles. The highest BCUT2D eigenvalue weighted by atomic mass is 16.5. The molecule has 2 unspecified atom stereocenters. The van der Waals surface area contributed by atoms with Crippen LogP contribution in [0, 0.1) is 0 Å². The topological polar surface area (TPSA) is 57.2 Å². The number of methoxy groups -OCH3 is 3. The number of aromatic hydroxyl groups is 1. The molecule has 0 aliphatic rings. The Balaban J connectivity index is 2.22. The lowest BCUT2D eigenvalue weighted by atomic mass is 10.0. The number of hydrogen-bond acceptors (Lipinski definition) is 5. The Kier molecular flexibility index (Phi) is 7.16. The van der Waals surface area contributed by atoms with E-state index in [0.29, 0.717) is 17.2 Å². The van der Waals surface area contributed by atoms with Gasteiger partial charge in [0.2, 0.25) is 0 Å². The van der Waals surface area contributed by atoms with E-state index in [4.69, 9.17) is 18.9 Å². The summed E-state index contributed by atoms with van der Waals surface area (Å²) in [7, 11) is 4.79. The zero-order valence-corrected chi connectivity index (χ0v) is 16.1. The average Bonchev–Trinajstić information content (AvgIpc) is 2.65. The van der Waals surface area contributed by atoms with Crippen molar-refractivity contribution < 1.29 is 24.1 Å². The molecule has 2 rings (SSSR count). The van der Waals surface area contributed by atoms with Gasteiger partial charge in [-0.1, -0.05) is 25.5 Å². The Hall–Kier alpha value is -2.40. The number of benzene rings is 2. The molecule has 0 fully saturated rings. The number of aryl methyl sites for hydroxylation is 1. The van der Waals surface area contributed by atoms with Gasteiger partial charge in [0.15, 0.2) is 23.0 Å². The van der Waals surface area contributed by atoms with Crippen molar-refractivity contribution in [1.82, 2.24) is 0 Å². The van der Waals surface area contributed by atoms with E-state index >= 15 is 0 Å². The van der Waals surface area contributed by atoms with E-state index in [2.05, 4.69) is 13.0 Å². The van der Waals surface area contributed by atoms with Gasteiger partial charge in [0.05, 0.1) is 14.2 Å². The Labute approximate surface area is 155 Å². The summed E-state index contributed by atoms with van der Waals surface area (Å²) in [5.41, 5.74) is 2.08. The maximum Gasteiger partial charge on any atom is 0.161 e. The van der Waals surface area contributed by atoms with Crippen molar-refractivity contribution in [3.05, 3.63) is 47.5 Å². The van der Waals surface area contributed by atoms with E-state index < -0.39 is 0 Å². The SMILES string of the molecule is CCCc1ccc(OC(C)C(OC)c2ccc(O)c(OC)c2)c(OC)c1. The minimum absolute atomic E-state index is 0.0906. The molecular weight excluding hydrogens is 332 g/mol. The van der Waals surface area contributed by atoms with Crippen molar-refractivity contribution in [2.75, 3.05) is 21.3 Å². The summed E-state index contributed by atoms with van der Waals surface area (Å²) >= 11 is 0. The Morgan fingerprint density at radius 2 is 1.65 bits per heavy atom. The molecule has 2 aromatic carbocycles. The second-order valence-corrected chi connectivity index (χ2v) is 6.15. The van der Waals surface area contributed by atoms with E-state index in [1.165, 1.54) is 12.7 Å². The standard InChI is InChI=1S/C21H28O5/c1-6-7-15-8-11-18(20(12-15)24-4)26-14(2)21(25-5)16-9-10-17(22)19(13-16)23-3/h8-14,21-22H,6-7H2,1-5H3. The summed E-state index contributed by atoms with van der Waals surface area (Å²) in [5, 5.41) is 9.79. The van der Waals surface area contributed by atoms with Crippen LogP contribution >= 0.6 is 0 Å². The number of phenols is 1. The summed E-state index contributed by atoms with van der Waals surface area (Å²) in [5.74, 6) is 1.87. The first kappa shape index (κ1) is 19.9. The van der Waals surface area contributed by atoms with Crippen LogP contribution in [-0.2, 0) is 11.2 Å². The van der Waals surface area contributed by atoms with Crippen molar-refractivity contribution in [1.29, 1.82) is 0 Å². The van der Waals surface area contributed by atoms with Crippen molar-refractivity contribution in [3.8, 4) is 23.0 Å². The average molecular weight is 360 g/mol. The molecule has 0 spiro atoms. The van der Waals surface area contributed by atoms with Gasteiger partial charge in [-0.2, -0.15) is 0 Å². The van der Waals surface area contributed by atoms with E-state index in [1.54, 1.807) is 32.4 Å². The van der Waals surface area contributed by atoms with Crippen LogP contribution in [0.3, 0.4) is 0 Å². The third-order valence-electron chi connectivity index (χ3n) is 4.29. The van der Waals surface area contributed by atoms with E-state index in [-0.39, 0.29) is 18.0 Å². The normalized spacial score (nSPS) is 13.1. The third kappa shape index (κ3) is 4.61. The molecule has 0 amide bonds. The lowest BCUT2D eigenvalue weighted by Gasteiger charge is -2.25. The molecule has 0 radical (unpaired) electrons. The minimum Gasteiger partial charge on any atom is -0.504 e. The van der Waals surface area contributed by atoms with Crippen LogP contribution < -0.4 is 14.2 Å². The molecule has 0 bridgehead atoms. The van der Waals surface area contributed by atoms with Crippen LogP contribution in [0.1, 0.15) is 37.5 Å². The minimum atomic E-state index is -0.329. The van der Waals surface area contributed by atoms with Gasteiger partial charge in [-0.3, -0.25) is 0 Å².